The molecular weight excluding hydrogens is 310 g/mol. The topological polar surface area (TPSA) is 69.7 Å². The maximum atomic E-state index is 12.6. The van der Waals surface area contributed by atoms with E-state index >= 15 is 0 Å². The fourth-order valence-corrected chi connectivity index (χ4v) is 5.39. The van der Waals surface area contributed by atoms with Gasteiger partial charge < -0.3 is 10.2 Å². The average Bonchev–Trinajstić information content (AvgIpc) is 2.79. The van der Waals surface area contributed by atoms with E-state index in [0.717, 1.165) is 9.75 Å². The molecule has 1 fully saturated rings. The van der Waals surface area contributed by atoms with Gasteiger partial charge in [0.05, 0.1) is 11.4 Å². The second-order valence-corrected chi connectivity index (χ2v) is 8.46. The number of thiophene rings is 1. The first-order valence-corrected chi connectivity index (χ1v) is 9.11. The van der Waals surface area contributed by atoms with Crippen molar-refractivity contribution in [3.05, 3.63) is 15.8 Å². The van der Waals surface area contributed by atoms with E-state index in [1.807, 2.05) is 13.8 Å². The van der Waals surface area contributed by atoms with Crippen molar-refractivity contribution in [2.75, 3.05) is 39.8 Å². The summed E-state index contributed by atoms with van der Waals surface area (Å²) in [7, 11) is -1.72. The summed E-state index contributed by atoms with van der Waals surface area (Å²) >= 11 is 1.49. The van der Waals surface area contributed by atoms with E-state index in [4.69, 9.17) is 0 Å². The molecule has 1 amide bonds. The second-order valence-electron chi connectivity index (χ2n) is 5.09. The molecule has 1 aliphatic heterocycles. The molecule has 1 aromatic rings. The van der Waals surface area contributed by atoms with Crippen LogP contribution in [0.25, 0.3) is 0 Å². The zero-order valence-electron chi connectivity index (χ0n) is 12.5. The fourth-order valence-electron chi connectivity index (χ4n) is 2.44. The maximum absolute atomic E-state index is 12.6. The van der Waals surface area contributed by atoms with Crippen LogP contribution in [0.5, 0.6) is 0 Å². The lowest BCUT2D eigenvalue weighted by Gasteiger charge is -2.34. The average molecular weight is 331 g/mol. The normalized spacial score (nSPS) is 17.2. The van der Waals surface area contributed by atoms with Crippen molar-refractivity contribution in [2.45, 2.75) is 18.7 Å². The Labute approximate surface area is 129 Å². The van der Waals surface area contributed by atoms with Crippen LogP contribution < -0.4 is 5.32 Å². The molecule has 0 aliphatic carbocycles. The highest BCUT2D eigenvalue weighted by Gasteiger charge is 2.31. The van der Waals surface area contributed by atoms with Crippen molar-refractivity contribution in [1.82, 2.24) is 14.5 Å². The quantitative estimate of drug-likeness (QED) is 0.868. The molecule has 2 rings (SSSR count). The molecule has 2 heterocycles. The van der Waals surface area contributed by atoms with Crippen LogP contribution >= 0.6 is 11.3 Å². The Hall–Kier alpha value is -0.960. The molecule has 1 aliphatic rings. The number of rotatable bonds is 4. The Morgan fingerprint density at radius 3 is 2.38 bits per heavy atom. The van der Waals surface area contributed by atoms with Gasteiger partial charge in [-0.25, -0.2) is 8.42 Å². The van der Waals surface area contributed by atoms with Crippen LogP contribution in [0.15, 0.2) is 11.0 Å². The molecule has 1 N–H and O–H groups in total. The minimum absolute atomic E-state index is 0.0112. The summed E-state index contributed by atoms with van der Waals surface area (Å²) in [6.07, 6.45) is 0. The van der Waals surface area contributed by atoms with Gasteiger partial charge in [-0.15, -0.1) is 11.3 Å². The zero-order chi connectivity index (χ0) is 15.6. The summed E-state index contributed by atoms with van der Waals surface area (Å²) < 4.78 is 26.8. The number of aryl methyl sites for hydroxylation is 2. The Morgan fingerprint density at radius 1 is 1.29 bits per heavy atom. The van der Waals surface area contributed by atoms with Crippen molar-refractivity contribution in [1.29, 1.82) is 0 Å². The number of nitrogens with one attached hydrogen (secondary N) is 1. The molecule has 0 atom stereocenters. The largest absolute Gasteiger partial charge is 0.339 e. The first-order chi connectivity index (χ1) is 9.86. The molecule has 0 unspecified atom stereocenters. The lowest BCUT2D eigenvalue weighted by molar-refractivity contribution is -0.131. The summed E-state index contributed by atoms with van der Waals surface area (Å²) in [6, 6.07) is 1.73. The maximum Gasteiger partial charge on any atom is 0.244 e. The zero-order valence-corrected chi connectivity index (χ0v) is 14.2. The first kappa shape index (κ1) is 16.4. The predicted molar refractivity (Wildman–Crippen MR) is 83.1 cm³/mol. The molecule has 118 valence electrons. The first-order valence-electron chi connectivity index (χ1n) is 6.86. The summed E-state index contributed by atoms with van der Waals surface area (Å²) in [5.74, 6) is 0.0112. The highest BCUT2D eigenvalue weighted by molar-refractivity contribution is 7.89. The van der Waals surface area contributed by atoms with Gasteiger partial charge in [-0.05, 0) is 27.0 Å². The number of likely N-dealkylation sites (N-methyl/N-ethyl adjacent to an activating group) is 1. The van der Waals surface area contributed by atoms with Crippen LogP contribution in [-0.4, -0.2) is 63.3 Å². The third-order valence-electron chi connectivity index (χ3n) is 3.53. The van der Waals surface area contributed by atoms with E-state index in [2.05, 4.69) is 5.32 Å². The van der Waals surface area contributed by atoms with Crippen LogP contribution in [0, 0.1) is 13.8 Å². The van der Waals surface area contributed by atoms with Gasteiger partial charge >= 0.3 is 0 Å². The molecule has 8 heteroatoms. The number of piperazine rings is 1. The molecular formula is C13H21N3O3S2. The van der Waals surface area contributed by atoms with Gasteiger partial charge in [-0.1, -0.05) is 0 Å². The summed E-state index contributed by atoms with van der Waals surface area (Å²) in [5.41, 5.74) is 0. The molecule has 0 saturated carbocycles. The minimum atomic E-state index is -3.44. The molecule has 0 spiro atoms. The number of nitrogens with zero attached hydrogens (tertiary/aromatic N) is 2. The number of sulfonamides is 1. The van der Waals surface area contributed by atoms with Crippen molar-refractivity contribution in [3.63, 3.8) is 0 Å². The van der Waals surface area contributed by atoms with Crippen molar-refractivity contribution < 1.29 is 13.2 Å². The van der Waals surface area contributed by atoms with Crippen LogP contribution in [0.2, 0.25) is 0 Å². The monoisotopic (exact) mass is 331 g/mol. The molecule has 0 aromatic carbocycles. The fraction of sp³-hybridized carbons (Fsp3) is 0.615. The number of carbonyl (C=O) groups excluding carboxylic acids is 1. The number of amides is 1. The number of carbonyl (C=O) groups is 1. The van der Waals surface area contributed by atoms with Crippen LogP contribution in [0.3, 0.4) is 0 Å². The Balaban J connectivity index is 2.08. The van der Waals surface area contributed by atoms with E-state index < -0.39 is 10.0 Å². The van der Waals surface area contributed by atoms with Gasteiger partial charge in [0.2, 0.25) is 15.9 Å². The third-order valence-corrected chi connectivity index (χ3v) is 6.65. The van der Waals surface area contributed by atoms with Crippen molar-refractivity contribution in [3.8, 4) is 0 Å². The van der Waals surface area contributed by atoms with Gasteiger partial charge in [0.1, 0.15) is 0 Å². The second kappa shape index (κ2) is 6.43. The SMILES string of the molecule is CNCC(=O)N1CCN(S(=O)(=O)c2cc(C)sc2C)CC1. The highest BCUT2D eigenvalue weighted by atomic mass is 32.2. The highest BCUT2D eigenvalue weighted by Crippen LogP contribution is 2.28. The Bertz CT molecular complexity index is 617. The van der Waals surface area contributed by atoms with E-state index in [-0.39, 0.29) is 12.5 Å². The van der Waals surface area contributed by atoms with Gasteiger partial charge in [0, 0.05) is 35.9 Å². The van der Waals surface area contributed by atoms with Gasteiger partial charge in [-0.2, -0.15) is 4.31 Å². The van der Waals surface area contributed by atoms with Gasteiger partial charge in [-0.3, -0.25) is 4.79 Å². The van der Waals surface area contributed by atoms with Crippen molar-refractivity contribution in [2.24, 2.45) is 0 Å². The summed E-state index contributed by atoms with van der Waals surface area (Å²) in [5, 5.41) is 2.82. The van der Waals surface area contributed by atoms with Gasteiger partial charge in [0.15, 0.2) is 0 Å². The summed E-state index contributed by atoms with van der Waals surface area (Å²) in [6.45, 7) is 5.62. The standard InChI is InChI=1S/C13H21N3O3S2/c1-10-8-12(11(2)20-10)21(18,19)16-6-4-15(5-7-16)13(17)9-14-3/h8,14H,4-7,9H2,1-3H3. The van der Waals surface area contributed by atoms with E-state index in [1.54, 1.807) is 18.0 Å². The molecule has 1 saturated heterocycles. The number of hydrogen-bond donors (Lipinski definition) is 1. The van der Waals surface area contributed by atoms with Crippen LogP contribution in [0.1, 0.15) is 9.75 Å². The van der Waals surface area contributed by atoms with Crippen LogP contribution in [0.4, 0.5) is 0 Å². The molecule has 0 bridgehead atoms. The number of hydrogen-bond acceptors (Lipinski definition) is 5. The molecule has 0 radical (unpaired) electrons. The van der Waals surface area contributed by atoms with Crippen molar-refractivity contribution >= 4 is 27.3 Å². The third kappa shape index (κ3) is 3.45. The summed E-state index contributed by atoms with van der Waals surface area (Å²) in [4.78, 5) is 15.7. The Morgan fingerprint density at radius 2 is 1.90 bits per heavy atom. The molecule has 1 aromatic heterocycles. The van der Waals surface area contributed by atoms with Crippen LogP contribution in [-0.2, 0) is 14.8 Å². The minimum Gasteiger partial charge on any atom is -0.339 e. The lowest BCUT2D eigenvalue weighted by atomic mass is 10.3. The van der Waals surface area contributed by atoms with Gasteiger partial charge in [0.25, 0.3) is 0 Å². The predicted octanol–water partition coefficient (Wildman–Crippen LogP) is 0.417. The molecule has 6 nitrogen and oxygen atoms in total. The molecule has 21 heavy (non-hydrogen) atoms. The Kier molecular flexibility index (Phi) is 5.03. The lowest BCUT2D eigenvalue weighted by Crippen LogP contribution is -2.52. The smallest absolute Gasteiger partial charge is 0.244 e. The van der Waals surface area contributed by atoms with E-state index in [9.17, 15) is 13.2 Å². The van der Waals surface area contributed by atoms with E-state index in [0.29, 0.717) is 31.1 Å². The van der Waals surface area contributed by atoms with E-state index in [1.165, 1.54) is 15.6 Å².